The quantitative estimate of drug-likeness (QED) is 0.208. The molecule has 230 valence electrons. The third-order valence-corrected chi connectivity index (χ3v) is 9.19. The molecule has 43 heavy (non-hydrogen) atoms. The van der Waals surface area contributed by atoms with E-state index >= 15 is 0 Å². The van der Waals surface area contributed by atoms with E-state index in [1.165, 1.54) is 25.7 Å². The summed E-state index contributed by atoms with van der Waals surface area (Å²) >= 11 is 5.45. The Kier molecular flexibility index (Phi) is 10.5. The van der Waals surface area contributed by atoms with E-state index in [9.17, 15) is 8.42 Å². The first-order valence-electron chi connectivity index (χ1n) is 14.9. The number of rotatable bonds is 13. The highest BCUT2D eigenvalue weighted by Crippen LogP contribution is 2.25. The van der Waals surface area contributed by atoms with E-state index in [1.54, 1.807) is 54.6 Å². The Morgan fingerprint density at radius 3 is 2.19 bits per heavy atom. The number of hydrogen-bond acceptors (Lipinski definition) is 9. The van der Waals surface area contributed by atoms with Gasteiger partial charge in [0.2, 0.25) is 5.95 Å². The van der Waals surface area contributed by atoms with E-state index in [-0.39, 0.29) is 4.90 Å². The molecular weight excluding hydrogens is 583 g/mol. The first kappa shape index (κ1) is 30.8. The van der Waals surface area contributed by atoms with Crippen molar-refractivity contribution in [1.82, 2.24) is 20.2 Å². The Morgan fingerprint density at radius 1 is 0.860 bits per heavy atom. The van der Waals surface area contributed by atoms with E-state index < -0.39 is 10.0 Å². The first-order valence-corrected chi connectivity index (χ1v) is 16.8. The van der Waals surface area contributed by atoms with Crippen LogP contribution in [0.15, 0.2) is 65.6 Å². The lowest BCUT2D eigenvalue weighted by atomic mass is 10.3. The standard InChI is InChI=1S/C30H41N9O2S2/c1-37(21-15-31-27-23-28(38-17-5-6-18-38)35-29(34-27)39-19-7-8-20-39)22-16-32-30(42)33-24-11-13-25(14-12-24)36-43(40,41)26-9-3-2-4-10-26/h2-4,9-14,23,36H,5-8,15-22H2,1H3,(H,31,34,35)(H2,32,33,42). The van der Waals surface area contributed by atoms with Crippen LogP contribution >= 0.6 is 12.2 Å². The zero-order chi connectivity index (χ0) is 30.1. The van der Waals surface area contributed by atoms with E-state index in [2.05, 4.69) is 48.5 Å². The molecule has 0 saturated carbocycles. The summed E-state index contributed by atoms with van der Waals surface area (Å²) in [5, 5.41) is 10.4. The normalized spacial score (nSPS) is 15.1. The van der Waals surface area contributed by atoms with E-state index in [1.807, 2.05) is 0 Å². The molecule has 4 N–H and O–H groups in total. The average Bonchev–Trinajstić information content (AvgIpc) is 3.74. The van der Waals surface area contributed by atoms with E-state index in [4.69, 9.17) is 22.2 Å². The molecule has 1 aromatic heterocycles. The molecule has 2 saturated heterocycles. The van der Waals surface area contributed by atoms with Gasteiger partial charge in [-0.2, -0.15) is 9.97 Å². The molecule has 0 aliphatic carbocycles. The number of likely N-dealkylation sites (N-methyl/N-ethyl adjacent to an activating group) is 1. The second-order valence-corrected chi connectivity index (χ2v) is 13.0. The SMILES string of the molecule is CN(CCNC(=S)Nc1ccc(NS(=O)(=O)c2ccccc2)cc1)CCNc1cc(N2CCCC2)nc(N2CCCC2)n1. The van der Waals surface area contributed by atoms with Crippen LogP contribution in [-0.2, 0) is 10.0 Å². The van der Waals surface area contributed by atoms with Gasteiger partial charge in [0.05, 0.1) is 4.90 Å². The molecule has 2 fully saturated rings. The molecule has 3 heterocycles. The van der Waals surface area contributed by atoms with Crippen molar-refractivity contribution in [2.45, 2.75) is 30.6 Å². The number of hydrogen-bond donors (Lipinski definition) is 4. The summed E-state index contributed by atoms with van der Waals surface area (Å²) in [5.41, 5.74) is 1.24. The van der Waals surface area contributed by atoms with Crippen molar-refractivity contribution in [3.8, 4) is 0 Å². The lowest BCUT2D eigenvalue weighted by Crippen LogP contribution is -2.36. The minimum Gasteiger partial charge on any atom is -0.369 e. The Balaban J connectivity index is 1.03. The van der Waals surface area contributed by atoms with Crippen LogP contribution in [0.5, 0.6) is 0 Å². The molecular formula is C30H41N9O2S2. The highest BCUT2D eigenvalue weighted by molar-refractivity contribution is 7.92. The topological polar surface area (TPSA) is 118 Å². The van der Waals surface area contributed by atoms with Crippen LogP contribution in [-0.4, -0.2) is 87.8 Å². The smallest absolute Gasteiger partial charge is 0.261 e. The van der Waals surface area contributed by atoms with Crippen LogP contribution in [0.25, 0.3) is 0 Å². The third-order valence-electron chi connectivity index (χ3n) is 7.55. The van der Waals surface area contributed by atoms with Crippen molar-refractivity contribution in [3.05, 3.63) is 60.7 Å². The number of aromatic nitrogens is 2. The monoisotopic (exact) mass is 623 g/mol. The predicted molar refractivity (Wildman–Crippen MR) is 179 cm³/mol. The molecule has 5 rings (SSSR count). The van der Waals surface area contributed by atoms with E-state index in [0.29, 0.717) is 17.3 Å². The van der Waals surface area contributed by atoms with Gasteiger partial charge in [-0.25, -0.2) is 8.42 Å². The summed E-state index contributed by atoms with van der Waals surface area (Å²) in [4.78, 5) is 16.8. The van der Waals surface area contributed by atoms with Crippen molar-refractivity contribution >= 4 is 56.3 Å². The highest BCUT2D eigenvalue weighted by Gasteiger charge is 2.20. The highest BCUT2D eigenvalue weighted by atomic mass is 32.2. The predicted octanol–water partition coefficient (Wildman–Crippen LogP) is 3.81. The van der Waals surface area contributed by atoms with Gasteiger partial charge in [-0.15, -0.1) is 0 Å². The summed E-state index contributed by atoms with van der Waals surface area (Å²) in [7, 11) is -1.55. The summed E-state index contributed by atoms with van der Waals surface area (Å²) in [6, 6.07) is 17.3. The second-order valence-electron chi connectivity index (χ2n) is 10.9. The zero-order valence-electron chi connectivity index (χ0n) is 24.6. The van der Waals surface area contributed by atoms with Crippen molar-refractivity contribution in [3.63, 3.8) is 0 Å². The third kappa shape index (κ3) is 8.91. The van der Waals surface area contributed by atoms with Gasteiger partial charge < -0.3 is 30.7 Å². The molecule has 2 aliphatic heterocycles. The fourth-order valence-corrected chi connectivity index (χ4v) is 6.44. The molecule has 0 radical (unpaired) electrons. The zero-order valence-corrected chi connectivity index (χ0v) is 26.3. The molecule has 0 bridgehead atoms. The lowest BCUT2D eigenvalue weighted by Gasteiger charge is -2.22. The summed E-state index contributed by atoms with van der Waals surface area (Å²) in [5.74, 6) is 2.75. The van der Waals surface area contributed by atoms with Crippen molar-refractivity contribution < 1.29 is 8.42 Å². The maximum Gasteiger partial charge on any atom is 0.261 e. The molecule has 0 amide bonds. The molecule has 3 aromatic rings. The fourth-order valence-electron chi connectivity index (χ4n) is 5.14. The molecule has 0 unspecified atom stereocenters. The lowest BCUT2D eigenvalue weighted by molar-refractivity contribution is 0.352. The molecule has 0 atom stereocenters. The van der Waals surface area contributed by atoms with Crippen molar-refractivity contribution in [2.75, 3.05) is 84.6 Å². The summed E-state index contributed by atoms with van der Waals surface area (Å²) in [6.45, 7) is 7.29. The number of anilines is 5. The van der Waals surface area contributed by atoms with Crippen LogP contribution in [0, 0.1) is 0 Å². The molecule has 2 aromatic carbocycles. The van der Waals surface area contributed by atoms with E-state index in [0.717, 1.165) is 69.1 Å². The number of nitrogens with one attached hydrogen (secondary N) is 4. The fraction of sp³-hybridized carbons (Fsp3) is 0.433. The van der Waals surface area contributed by atoms with Gasteiger partial charge in [-0.05, 0) is 81.3 Å². The van der Waals surface area contributed by atoms with Crippen LogP contribution in [0.4, 0.5) is 29.0 Å². The Labute approximate surface area is 260 Å². The van der Waals surface area contributed by atoms with Gasteiger partial charge >= 0.3 is 0 Å². The maximum absolute atomic E-state index is 12.5. The molecule has 13 heteroatoms. The van der Waals surface area contributed by atoms with Crippen molar-refractivity contribution in [2.24, 2.45) is 0 Å². The van der Waals surface area contributed by atoms with Gasteiger partial charge in [0.15, 0.2) is 5.11 Å². The Hall–Kier alpha value is -3.68. The number of thiocarbonyl (C=S) groups is 1. The Morgan fingerprint density at radius 2 is 1.49 bits per heavy atom. The second kappa shape index (κ2) is 14.7. The summed E-state index contributed by atoms with van der Waals surface area (Å²) in [6.07, 6.45) is 4.83. The maximum atomic E-state index is 12.5. The van der Waals surface area contributed by atoms with Gasteiger partial charge in [0.1, 0.15) is 11.6 Å². The molecule has 11 nitrogen and oxygen atoms in total. The Bertz CT molecular complexity index is 1410. The minimum atomic E-state index is -3.63. The minimum absolute atomic E-state index is 0.218. The number of sulfonamides is 1. The summed E-state index contributed by atoms with van der Waals surface area (Å²) < 4.78 is 27.6. The van der Waals surface area contributed by atoms with Crippen LogP contribution in [0.2, 0.25) is 0 Å². The van der Waals surface area contributed by atoms with Crippen LogP contribution in [0.3, 0.4) is 0 Å². The van der Waals surface area contributed by atoms with Crippen LogP contribution in [0.1, 0.15) is 25.7 Å². The van der Waals surface area contributed by atoms with Crippen LogP contribution < -0.4 is 30.5 Å². The van der Waals surface area contributed by atoms with Gasteiger partial charge in [-0.1, -0.05) is 18.2 Å². The number of nitrogens with zero attached hydrogens (tertiary/aromatic N) is 5. The van der Waals surface area contributed by atoms with Crippen molar-refractivity contribution in [1.29, 1.82) is 0 Å². The first-order chi connectivity index (χ1) is 20.9. The molecule has 0 spiro atoms. The van der Waals surface area contributed by atoms with Gasteiger partial charge in [-0.3, -0.25) is 4.72 Å². The van der Waals surface area contributed by atoms with Gasteiger partial charge in [0.25, 0.3) is 10.0 Å². The largest absolute Gasteiger partial charge is 0.369 e. The average molecular weight is 624 g/mol. The molecule has 2 aliphatic rings. The number of benzene rings is 2. The van der Waals surface area contributed by atoms with Gasteiger partial charge in [0, 0.05) is 69.8 Å².